The van der Waals surface area contributed by atoms with Crippen LogP contribution in [-0.2, 0) is 0 Å². The smallest absolute Gasteiger partial charge is 0.00898 e. The topological polar surface area (TPSA) is 12.0 Å². The Morgan fingerprint density at radius 3 is 2.04 bits per heavy atom. The Hall–Kier alpha value is -0.0400. The van der Waals surface area contributed by atoms with Crippen molar-refractivity contribution in [3.05, 3.63) is 0 Å². The van der Waals surface area contributed by atoms with Gasteiger partial charge in [0.1, 0.15) is 0 Å². The second kappa shape index (κ2) is 13.2. The lowest BCUT2D eigenvalue weighted by atomic mass is 9.68. The van der Waals surface area contributed by atoms with Crippen LogP contribution in [0.1, 0.15) is 112 Å². The van der Waals surface area contributed by atoms with E-state index < -0.39 is 0 Å². The molecule has 0 aromatic carbocycles. The lowest BCUT2D eigenvalue weighted by Crippen LogP contribution is -2.38. The molecule has 26 heavy (non-hydrogen) atoms. The molecule has 0 saturated heterocycles. The fourth-order valence-corrected chi connectivity index (χ4v) is 5.93. The van der Waals surface area contributed by atoms with Crippen LogP contribution in [0.15, 0.2) is 0 Å². The predicted molar refractivity (Wildman–Crippen MR) is 119 cm³/mol. The molecule has 1 aliphatic rings. The molecule has 1 fully saturated rings. The molecule has 0 aromatic heterocycles. The summed E-state index contributed by atoms with van der Waals surface area (Å²) in [4.78, 5) is 0. The van der Waals surface area contributed by atoms with E-state index in [1.807, 2.05) is 0 Å². The van der Waals surface area contributed by atoms with Gasteiger partial charge in [0.15, 0.2) is 0 Å². The maximum absolute atomic E-state index is 3.55. The molecule has 1 nitrogen and oxygen atoms in total. The van der Waals surface area contributed by atoms with E-state index in [1.165, 1.54) is 70.6 Å². The number of nitrogens with one attached hydrogen (secondary N) is 1. The predicted octanol–water partition coefficient (Wildman–Crippen LogP) is 7.70. The minimum Gasteiger partial charge on any atom is -0.317 e. The van der Waals surface area contributed by atoms with Gasteiger partial charge in [0.05, 0.1) is 0 Å². The minimum atomic E-state index is 0.760. The normalized spacial score (nSPS) is 28.5. The number of hydrogen-bond acceptors (Lipinski definition) is 1. The van der Waals surface area contributed by atoms with Crippen molar-refractivity contribution in [2.24, 2.45) is 35.5 Å². The van der Waals surface area contributed by atoms with Crippen molar-refractivity contribution in [2.75, 3.05) is 7.05 Å². The zero-order chi connectivity index (χ0) is 19.5. The van der Waals surface area contributed by atoms with Crippen LogP contribution in [0.25, 0.3) is 0 Å². The van der Waals surface area contributed by atoms with Crippen molar-refractivity contribution >= 4 is 0 Å². The third-order valence-electron chi connectivity index (χ3n) is 7.85. The molecule has 0 heterocycles. The van der Waals surface area contributed by atoms with Crippen molar-refractivity contribution in [1.29, 1.82) is 0 Å². The Bertz CT molecular complexity index is 339. The fraction of sp³-hybridized carbons (Fsp3) is 1.00. The first-order valence-electron chi connectivity index (χ1n) is 12.2. The SMILES string of the molecule is CCCC(CC(CC1CCC(NC)C(C)C1)C(CC)CCC)C(C)CC. The molecule has 0 bridgehead atoms. The van der Waals surface area contributed by atoms with Gasteiger partial charge in [0.25, 0.3) is 0 Å². The monoisotopic (exact) mass is 365 g/mol. The summed E-state index contributed by atoms with van der Waals surface area (Å²) in [5.41, 5.74) is 0. The first kappa shape index (κ1) is 24.0. The highest BCUT2D eigenvalue weighted by atomic mass is 14.9. The highest BCUT2D eigenvalue weighted by Gasteiger charge is 2.32. The third kappa shape index (κ3) is 7.53. The van der Waals surface area contributed by atoms with Gasteiger partial charge in [-0.3, -0.25) is 0 Å². The zero-order valence-electron chi connectivity index (χ0n) is 19.3. The van der Waals surface area contributed by atoms with E-state index in [2.05, 4.69) is 53.9 Å². The molecule has 7 unspecified atom stereocenters. The maximum Gasteiger partial charge on any atom is 0.00898 e. The highest BCUT2D eigenvalue weighted by molar-refractivity contribution is 4.85. The van der Waals surface area contributed by atoms with Gasteiger partial charge in [-0.05, 0) is 74.7 Å². The van der Waals surface area contributed by atoms with Gasteiger partial charge in [-0.25, -0.2) is 0 Å². The van der Waals surface area contributed by atoms with Crippen LogP contribution in [0.4, 0.5) is 0 Å². The molecule has 1 N–H and O–H groups in total. The van der Waals surface area contributed by atoms with E-state index >= 15 is 0 Å². The lowest BCUT2D eigenvalue weighted by Gasteiger charge is -2.39. The van der Waals surface area contributed by atoms with E-state index in [-0.39, 0.29) is 0 Å². The third-order valence-corrected chi connectivity index (χ3v) is 7.85. The minimum absolute atomic E-state index is 0.760. The quantitative estimate of drug-likeness (QED) is 0.352. The van der Waals surface area contributed by atoms with Crippen LogP contribution in [-0.4, -0.2) is 13.1 Å². The van der Waals surface area contributed by atoms with Crippen molar-refractivity contribution in [1.82, 2.24) is 5.32 Å². The molecule has 0 radical (unpaired) electrons. The van der Waals surface area contributed by atoms with Crippen LogP contribution < -0.4 is 5.32 Å². The lowest BCUT2D eigenvalue weighted by molar-refractivity contribution is 0.135. The van der Waals surface area contributed by atoms with Crippen molar-refractivity contribution in [2.45, 2.75) is 118 Å². The Labute approximate surface area is 166 Å². The first-order valence-corrected chi connectivity index (χ1v) is 12.2. The van der Waals surface area contributed by atoms with Crippen molar-refractivity contribution < 1.29 is 0 Å². The molecule has 156 valence electrons. The van der Waals surface area contributed by atoms with Crippen LogP contribution in [0, 0.1) is 35.5 Å². The van der Waals surface area contributed by atoms with Gasteiger partial charge in [0.2, 0.25) is 0 Å². The Kier molecular flexibility index (Phi) is 12.2. The van der Waals surface area contributed by atoms with Gasteiger partial charge >= 0.3 is 0 Å². The standard InChI is InChI=1S/C25H51N/c1-8-12-22(11-4)24(18-23(13-9-2)19(5)10-3)17-21-14-15-25(26-7)20(6)16-21/h19-26H,8-18H2,1-7H3. The van der Waals surface area contributed by atoms with Gasteiger partial charge in [-0.15, -0.1) is 0 Å². The van der Waals surface area contributed by atoms with E-state index in [4.69, 9.17) is 0 Å². The first-order chi connectivity index (χ1) is 12.5. The molecule has 0 spiro atoms. The summed E-state index contributed by atoms with van der Waals surface area (Å²) in [7, 11) is 2.15. The van der Waals surface area contributed by atoms with Crippen molar-refractivity contribution in [3.8, 4) is 0 Å². The van der Waals surface area contributed by atoms with E-state index in [0.29, 0.717) is 0 Å². The molecule has 1 aliphatic carbocycles. The summed E-state index contributed by atoms with van der Waals surface area (Å²) in [5, 5.41) is 3.55. The fourth-order valence-electron chi connectivity index (χ4n) is 5.93. The maximum atomic E-state index is 3.55. The van der Waals surface area contributed by atoms with E-state index in [9.17, 15) is 0 Å². The van der Waals surface area contributed by atoms with Gasteiger partial charge in [-0.1, -0.05) is 80.1 Å². The van der Waals surface area contributed by atoms with E-state index in [1.54, 1.807) is 0 Å². The second-order valence-corrected chi connectivity index (χ2v) is 9.67. The van der Waals surface area contributed by atoms with Crippen molar-refractivity contribution in [3.63, 3.8) is 0 Å². The molecule has 1 saturated carbocycles. The van der Waals surface area contributed by atoms with Crippen LogP contribution in [0.2, 0.25) is 0 Å². The van der Waals surface area contributed by atoms with Crippen LogP contribution in [0.5, 0.6) is 0 Å². The molecule has 7 atom stereocenters. The largest absolute Gasteiger partial charge is 0.317 e. The number of rotatable bonds is 13. The Morgan fingerprint density at radius 1 is 0.885 bits per heavy atom. The van der Waals surface area contributed by atoms with Gasteiger partial charge in [-0.2, -0.15) is 0 Å². The zero-order valence-corrected chi connectivity index (χ0v) is 19.3. The summed E-state index contributed by atoms with van der Waals surface area (Å²) in [6.07, 6.45) is 15.7. The average molecular weight is 366 g/mol. The molecular weight excluding hydrogens is 314 g/mol. The van der Waals surface area contributed by atoms with Gasteiger partial charge < -0.3 is 5.32 Å². The Morgan fingerprint density at radius 2 is 1.54 bits per heavy atom. The highest BCUT2D eigenvalue weighted by Crippen LogP contribution is 2.41. The summed E-state index contributed by atoms with van der Waals surface area (Å²) in [5.74, 6) is 5.61. The van der Waals surface area contributed by atoms with Gasteiger partial charge in [0, 0.05) is 6.04 Å². The molecule has 1 rings (SSSR count). The average Bonchev–Trinajstić information content (AvgIpc) is 2.64. The summed E-state index contributed by atoms with van der Waals surface area (Å²) in [6.45, 7) is 14.6. The molecular formula is C25H51N. The molecule has 0 amide bonds. The Balaban J connectivity index is 2.80. The molecule has 1 heteroatoms. The summed E-state index contributed by atoms with van der Waals surface area (Å²) in [6, 6.07) is 0.760. The summed E-state index contributed by atoms with van der Waals surface area (Å²) < 4.78 is 0. The molecule has 0 aromatic rings. The number of hydrogen-bond donors (Lipinski definition) is 1. The summed E-state index contributed by atoms with van der Waals surface area (Å²) >= 11 is 0. The second-order valence-electron chi connectivity index (χ2n) is 9.67. The van der Waals surface area contributed by atoms with Crippen LogP contribution >= 0.6 is 0 Å². The molecule has 0 aliphatic heterocycles. The van der Waals surface area contributed by atoms with E-state index in [0.717, 1.165) is 41.5 Å². The van der Waals surface area contributed by atoms with Crippen LogP contribution in [0.3, 0.4) is 0 Å².